The summed E-state index contributed by atoms with van der Waals surface area (Å²) in [6, 6.07) is 0.0340. The molecule has 4 rings (SSSR count). The first-order valence-electron chi connectivity index (χ1n) is 12.1. The fourth-order valence-corrected chi connectivity index (χ4v) is 4.34. The number of aromatic nitrogens is 4. The second-order valence-electron chi connectivity index (χ2n) is 9.38. The summed E-state index contributed by atoms with van der Waals surface area (Å²) in [6.07, 6.45) is -6.44. The van der Waals surface area contributed by atoms with E-state index in [1.807, 2.05) is 0 Å². The molecule has 0 aromatic carbocycles. The van der Waals surface area contributed by atoms with Crippen LogP contribution in [-0.4, -0.2) is 115 Å². The average molecular weight is 559 g/mol. The Labute approximate surface area is 222 Å². The largest absolute Gasteiger partial charge is 0.510 e. The first-order chi connectivity index (χ1) is 18.0. The average Bonchev–Trinajstić information content (AvgIpc) is 3.55. The van der Waals surface area contributed by atoms with Gasteiger partial charge in [0, 0.05) is 20.2 Å². The zero-order valence-corrected chi connectivity index (χ0v) is 21.8. The Kier molecular flexibility index (Phi) is 8.85. The molecule has 1 amide bonds. The number of rotatable bonds is 9. The number of amides is 1. The summed E-state index contributed by atoms with van der Waals surface area (Å²) in [5.41, 5.74) is 0.675. The summed E-state index contributed by atoms with van der Waals surface area (Å²) < 4.78 is 22.1. The molecule has 2 fully saturated rings. The van der Waals surface area contributed by atoms with Crippen LogP contribution >= 0.6 is 11.6 Å². The summed E-state index contributed by atoms with van der Waals surface area (Å²) in [7, 11) is 1.42. The summed E-state index contributed by atoms with van der Waals surface area (Å²) in [6.45, 7) is 4.23. The van der Waals surface area contributed by atoms with Crippen molar-refractivity contribution >= 4 is 40.6 Å². The van der Waals surface area contributed by atoms with Crippen LogP contribution in [0.25, 0.3) is 11.2 Å². The van der Waals surface area contributed by atoms with E-state index in [0.29, 0.717) is 24.5 Å². The molecule has 0 saturated carbocycles. The lowest BCUT2D eigenvalue weighted by Gasteiger charge is -2.24. The first-order valence-corrected chi connectivity index (χ1v) is 12.5. The molecule has 2 aliphatic rings. The van der Waals surface area contributed by atoms with Gasteiger partial charge in [-0.25, -0.2) is 9.78 Å². The minimum absolute atomic E-state index is 0.0340. The number of aliphatic hydroxyl groups is 3. The number of fused-ring (bicyclic) bond motifs is 1. The fraction of sp³-hybridized carbons (Fsp3) is 0.682. The van der Waals surface area contributed by atoms with Crippen molar-refractivity contribution in [2.75, 3.05) is 32.1 Å². The highest BCUT2D eigenvalue weighted by atomic mass is 35.5. The molecule has 2 saturated heterocycles. The standard InChI is InChI=1S/C22H31ClN6O9/c1-10(2)36-22(34)38-14(31)6-13(30)28(3)7-12-16(32)17(33)20(37-12)29-9-24-15-18(25-11-4-5-35-8-11)26-21(23)27-19(15)29/h9-12,14,16-17,20,31-33H,4-8H2,1-3H3,(H,25,26,27)/t11-,12+,14?,16+,17+,20+/m0/s1. The summed E-state index contributed by atoms with van der Waals surface area (Å²) in [5, 5.41) is 34.5. The van der Waals surface area contributed by atoms with Gasteiger partial charge in [0.15, 0.2) is 23.2 Å². The summed E-state index contributed by atoms with van der Waals surface area (Å²) >= 11 is 6.15. The molecular weight excluding hydrogens is 528 g/mol. The Hall–Kier alpha value is -2.82. The van der Waals surface area contributed by atoms with Crippen LogP contribution in [0, 0.1) is 0 Å². The summed E-state index contributed by atoms with van der Waals surface area (Å²) in [4.78, 5) is 38.0. The Morgan fingerprint density at radius 3 is 2.74 bits per heavy atom. The first kappa shape index (κ1) is 28.2. The molecule has 2 aromatic rings. The Balaban J connectivity index is 1.41. The molecule has 1 unspecified atom stereocenters. The van der Waals surface area contributed by atoms with E-state index < -0.39 is 55.4 Å². The molecule has 210 valence electrons. The third-order valence-electron chi connectivity index (χ3n) is 6.07. The van der Waals surface area contributed by atoms with Gasteiger partial charge in [-0.15, -0.1) is 0 Å². The third-order valence-corrected chi connectivity index (χ3v) is 6.24. The van der Waals surface area contributed by atoms with E-state index in [1.165, 1.54) is 22.8 Å². The van der Waals surface area contributed by atoms with Crippen LogP contribution in [0.5, 0.6) is 0 Å². The van der Waals surface area contributed by atoms with Gasteiger partial charge in [-0.05, 0) is 31.9 Å². The lowest BCUT2D eigenvalue weighted by molar-refractivity contribution is -0.143. The van der Waals surface area contributed by atoms with E-state index in [9.17, 15) is 24.9 Å². The van der Waals surface area contributed by atoms with Crippen LogP contribution in [-0.2, 0) is 23.7 Å². The topological polar surface area (TPSA) is 191 Å². The van der Waals surface area contributed by atoms with E-state index in [0.717, 1.165) is 6.42 Å². The van der Waals surface area contributed by atoms with Gasteiger partial charge in [-0.3, -0.25) is 9.36 Å². The van der Waals surface area contributed by atoms with Crippen LogP contribution in [0.3, 0.4) is 0 Å². The van der Waals surface area contributed by atoms with Crippen LogP contribution in [0.2, 0.25) is 5.28 Å². The van der Waals surface area contributed by atoms with Crippen molar-refractivity contribution in [3.05, 3.63) is 11.6 Å². The molecule has 0 bridgehead atoms. The maximum Gasteiger partial charge on any atom is 0.510 e. The van der Waals surface area contributed by atoms with E-state index in [-0.39, 0.29) is 23.5 Å². The maximum absolute atomic E-state index is 12.5. The van der Waals surface area contributed by atoms with Gasteiger partial charge < -0.3 is 44.5 Å². The van der Waals surface area contributed by atoms with E-state index >= 15 is 0 Å². The highest BCUT2D eigenvalue weighted by molar-refractivity contribution is 6.28. The number of likely N-dealkylation sites (N-methyl/N-ethyl adjacent to an activating group) is 1. The van der Waals surface area contributed by atoms with Crippen LogP contribution < -0.4 is 5.32 Å². The molecule has 0 aliphatic carbocycles. The van der Waals surface area contributed by atoms with Gasteiger partial charge in [0.1, 0.15) is 18.3 Å². The lowest BCUT2D eigenvalue weighted by atomic mass is 10.1. The molecule has 0 spiro atoms. The van der Waals surface area contributed by atoms with Crippen molar-refractivity contribution in [1.82, 2.24) is 24.4 Å². The zero-order chi connectivity index (χ0) is 27.6. The van der Waals surface area contributed by atoms with Crippen molar-refractivity contribution < 1.29 is 43.9 Å². The molecule has 0 radical (unpaired) electrons. The van der Waals surface area contributed by atoms with Crippen molar-refractivity contribution in [3.8, 4) is 0 Å². The Morgan fingerprint density at radius 2 is 2.05 bits per heavy atom. The van der Waals surface area contributed by atoms with Crippen LogP contribution in [0.1, 0.15) is 32.9 Å². The number of ether oxygens (including phenoxy) is 4. The van der Waals surface area contributed by atoms with Crippen LogP contribution in [0.4, 0.5) is 10.6 Å². The SMILES string of the molecule is CC(C)OC(=O)OC(O)CC(=O)N(C)C[C@H]1O[C@@H](n2cnc3c(N[C@H]4CCOC4)nc(Cl)nc32)[C@H](O)[C@@H]1O. The predicted molar refractivity (Wildman–Crippen MR) is 130 cm³/mol. The number of aliphatic hydroxyl groups excluding tert-OH is 3. The molecule has 38 heavy (non-hydrogen) atoms. The van der Waals surface area contributed by atoms with E-state index in [2.05, 4.69) is 25.0 Å². The molecule has 6 atom stereocenters. The smallest absolute Gasteiger partial charge is 0.432 e. The van der Waals surface area contributed by atoms with Crippen molar-refractivity contribution in [2.45, 2.75) is 69.7 Å². The number of carbonyl (C=O) groups is 2. The molecule has 2 aromatic heterocycles. The van der Waals surface area contributed by atoms with Crippen molar-refractivity contribution in [1.29, 1.82) is 0 Å². The molecular formula is C22H31ClN6O9. The summed E-state index contributed by atoms with van der Waals surface area (Å²) in [5.74, 6) is -0.190. The van der Waals surface area contributed by atoms with Gasteiger partial charge >= 0.3 is 6.16 Å². The number of halogens is 1. The number of anilines is 1. The number of hydrogen-bond donors (Lipinski definition) is 4. The van der Waals surface area contributed by atoms with Crippen molar-refractivity contribution in [2.24, 2.45) is 0 Å². The monoisotopic (exact) mass is 558 g/mol. The number of imidazole rings is 1. The molecule has 4 N–H and O–H groups in total. The number of hydrogen-bond acceptors (Lipinski definition) is 13. The second-order valence-corrected chi connectivity index (χ2v) is 9.72. The molecule has 2 aliphatic heterocycles. The van der Waals surface area contributed by atoms with Crippen LogP contribution in [0.15, 0.2) is 6.33 Å². The second kappa shape index (κ2) is 11.9. The number of nitrogens with one attached hydrogen (secondary N) is 1. The quantitative estimate of drug-likeness (QED) is 0.183. The molecule has 16 heteroatoms. The lowest BCUT2D eigenvalue weighted by Crippen LogP contribution is -2.42. The molecule has 4 heterocycles. The third kappa shape index (κ3) is 6.42. The fourth-order valence-electron chi connectivity index (χ4n) is 4.18. The molecule has 15 nitrogen and oxygen atoms in total. The number of carbonyl (C=O) groups excluding carboxylic acids is 2. The Bertz CT molecular complexity index is 1140. The minimum Gasteiger partial charge on any atom is -0.432 e. The zero-order valence-electron chi connectivity index (χ0n) is 21.1. The predicted octanol–water partition coefficient (Wildman–Crippen LogP) is 0.0282. The van der Waals surface area contributed by atoms with Gasteiger partial charge in [0.25, 0.3) is 0 Å². The normalized spacial score (nSPS) is 26.1. The van der Waals surface area contributed by atoms with Gasteiger partial charge in [-0.1, -0.05) is 0 Å². The maximum atomic E-state index is 12.5. The van der Waals surface area contributed by atoms with Gasteiger partial charge in [0.05, 0.1) is 31.5 Å². The van der Waals surface area contributed by atoms with Crippen molar-refractivity contribution in [3.63, 3.8) is 0 Å². The highest BCUT2D eigenvalue weighted by Gasteiger charge is 2.45. The van der Waals surface area contributed by atoms with Gasteiger partial charge in [0.2, 0.25) is 17.5 Å². The Morgan fingerprint density at radius 1 is 1.29 bits per heavy atom. The highest BCUT2D eigenvalue weighted by Crippen LogP contribution is 2.33. The number of nitrogens with zero attached hydrogens (tertiary/aromatic N) is 5. The van der Waals surface area contributed by atoms with E-state index in [1.54, 1.807) is 13.8 Å². The minimum atomic E-state index is -1.72. The van der Waals surface area contributed by atoms with E-state index in [4.69, 9.17) is 25.8 Å². The van der Waals surface area contributed by atoms with Gasteiger partial charge in [-0.2, -0.15) is 9.97 Å².